The third-order valence-electron chi connectivity index (χ3n) is 2.17. The molecular formula is C12H14N2S. The number of nitrogens with zero attached hydrogens (tertiary/aromatic N) is 1. The third-order valence-corrected chi connectivity index (χ3v) is 3.16. The molecule has 0 bridgehead atoms. The van der Waals surface area contributed by atoms with Crippen LogP contribution in [0.4, 0.5) is 0 Å². The lowest BCUT2D eigenvalue weighted by Gasteiger charge is -1.96. The van der Waals surface area contributed by atoms with E-state index in [4.69, 9.17) is 0 Å². The second kappa shape index (κ2) is 5.05. The van der Waals surface area contributed by atoms with E-state index in [2.05, 4.69) is 27.8 Å². The van der Waals surface area contributed by atoms with E-state index in [0.29, 0.717) is 0 Å². The molecule has 2 rings (SSSR count). The SMILES string of the molecule is CNCc1cc(Cc2ccccn2)cs1. The molecule has 15 heavy (non-hydrogen) atoms. The number of hydrogen-bond acceptors (Lipinski definition) is 3. The van der Waals surface area contributed by atoms with Crippen LogP contribution in [-0.2, 0) is 13.0 Å². The predicted molar refractivity (Wildman–Crippen MR) is 64.1 cm³/mol. The van der Waals surface area contributed by atoms with Gasteiger partial charge in [-0.15, -0.1) is 11.3 Å². The first-order valence-electron chi connectivity index (χ1n) is 4.99. The average Bonchev–Trinajstić information content (AvgIpc) is 2.68. The molecule has 0 saturated heterocycles. The maximum atomic E-state index is 4.32. The summed E-state index contributed by atoms with van der Waals surface area (Å²) in [6, 6.07) is 8.29. The fourth-order valence-electron chi connectivity index (χ4n) is 1.50. The molecule has 0 unspecified atom stereocenters. The number of pyridine rings is 1. The van der Waals surface area contributed by atoms with Crippen molar-refractivity contribution in [3.05, 3.63) is 52.0 Å². The molecule has 0 atom stereocenters. The molecule has 0 aromatic carbocycles. The molecule has 0 radical (unpaired) electrons. The van der Waals surface area contributed by atoms with E-state index in [0.717, 1.165) is 18.7 Å². The summed E-state index contributed by atoms with van der Waals surface area (Å²) >= 11 is 1.80. The van der Waals surface area contributed by atoms with Crippen LogP contribution < -0.4 is 5.32 Å². The van der Waals surface area contributed by atoms with E-state index in [-0.39, 0.29) is 0 Å². The topological polar surface area (TPSA) is 24.9 Å². The molecule has 2 aromatic heterocycles. The van der Waals surface area contributed by atoms with Gasteiger partial charge in [0, 0.05) is 29.7 Å². The van der Waals surface area contributed by atoms with Gasteiger partial charge in [-0.05, 0) is 36.2 Å². The van der Waals surface area contributed by atoms with Gasteiger partial charge in [-0.3, -0.25) is 4.98 Å². The highest BCUT2D eigenvalue weighted by Crippen LogP contribution is 2.16. The van der Waals surface area contributed by atoms with Gasteiger partial charge in [0.1, 0.15) is 0 Å². The van der Waals surface area contributed by atoms with Crippen molar-refractivity contribution in [3.63, 3.8) is 0 Å². The second-order valence-electron chi connectivity index (χ2n) is 3.45. The van der Waals surface area contributed by atoms with Crippen molar-refractivity contribution in [2.75, 3.05) is 7.05 Å². The molecule has 0 amide bonds. The lowest BCUT2D eigenvalue weighted by Crippen LogP contribution is -2.02. The number of hydrogen-bond donors (Lipinski definition) is 1. The number of thiophene rings is 1. The van der Waals surface area contributed by atoms with Crippen LogP contribution in [0.15, 0.2) is 35.8 Å². The van der Waals surface area contributed by atoms with E-state index in [1.807, 2.05) is 25.4 Å². The Hall–Kier alpha value is -1.19. The van der Waals surface area contributed by atoms with Crippen LogP contribution in [0.5, 0.6) is 0 Å². The lowest BCUT2D eigenvalue weighted by atomic mass is 10.1. The normalized spacial score (nSPS) is 10.5. The van der Waals surface area contributed by atoms with Gasteiger partial charge in [-0.1, -0.05) is 6.07 Å². The molecule has 2 heterocycles. The summed E-state index contributed by atoms with van der Waals surface area (Å²) in [7, 11) is 1.97. The Labute approximate surface area is 94.0 Å². The summed E-state index contributed by atoms with van der Waals surface area (Å²) < 4.78 is 0. The molecule has 0 aliphatic carbocycles. The molecule has 2 aromatic rings. The maximum Gasteiger partial charge on any atom is 0.0447 e. The molecule has 3 heteroatoms. The predicted octanol–water partition coefficient (Wildman–Crippen LogP) is 2.45. The molecule has 0 aliphatic rings. The largest absolute Gasteiger partial charge is 0.315 e. The Morgan fingerprint density at radius 3 is 3.07 bits per heavy atom. The fraction of sp³-hybridized carbons (Fsp3) is 0.250. The Kier molecular flexibility index (Phi) is 3.48. The van der Waals surface area contributed by atoms with Gasteiger partial charge in [0.2, 0.25) is 0 Å². The van der Waals surface area contributed by atoms with Gasteiger partial charge >= 0.3 is 0 Å². The molecule has 0 spiro atoms. The summed E-state index contributed by atoms with van der Waals surface area (Å²) in [5.74, 6) is 0. The molecule has 2 nitrogen and oxygen atoms in total. The third kappa shape index (κ3) is 2.88. The second-order valence-corrected chi connectivity index (χ2v) is 4.45. The lowest BCUT2D eigenvalue weighted by molar-refractivity contribution is 0.830. The van der Waals surface area contributed by atoms with Crippen LogP contribution in [0.25, 0.3) is 0 Å². The van der Waals surface area contributed by atoms with Crippen LogP contribution in [0.2, 0.25) is 0 Å². The van der Waals surface area contributed by atoms with Crippen LogP contribution in [0.1, 0.15) is 16.1 Å². The van der Waals surface area contributed by atoms with Gasteiger partial charge in [0.25, 0.3) is 0 Å². The van der Waals surface area contributed by atoms with Crippen LogP contribution in [-0.4, -0.2) is 12.0 Å². The molecule has 1 N–H and O–H groups in total. The van der Waals surface area contributed by atoms with Gasteiger partial charge in [-0.2, -0.15) is 0 Å². The summed E-state index contributed by atoms with van der Waals surface area (Å²) in [5, 5.41) is 5.37. The first-order chi connectivity index (χ1) is 7.38. The minimum Gasteiger partial charge on any atom is -0.315 e. The van der Waals surface area contributed by atoms with E-state index >= 15 is 0 Å². The van der Waals surface area contributed by atoms with Crippen molar-refractivity contribution in [2.24, 2.45) is 0 Å². The highest BCUT2D eigenvalue weighted by molar-refractivity contribution is 7.10. The van der Waals surface area contributed by atoms with Crippen molar-refractivity contribution in [1.29, 1.82) is 0 Å². The Bertz CT molecular complexity index is 409. The highest BCUT2D eigenvalue weighted by atomic mass is 32.1. The van der Waals surface area contributed by atoms with Crippen molar-refractivity contribution < 1.29 is 0 Å². The number of aromatic nitrogens is 1. The summed E-state index contributed by atoms with van der Waals surface area (Å²) in [5.41, 5.74) is 2.48. The van der Waals surface area contributed by atoms with E-state index in [1.165, 1.54) is 10.4 Å². The molecule has 78 valence electrons. The summed E-state index contributed by atoms with van der Waals surface area (Å²) in [6.45, 7) is 0.951. The zero-order valence-corrected chi connectivity index (χ0v) is 9.55. The van der Waals surface area contributed by atoms with E-state index in [9.17, 15) is 0 Å². The number of rotatable bonds is 4. The van der Waals surface area contributed by atoms with Crippen molar-refractivity contribution in [2.45, 2.75) is 13.0 Å². The first-order valence-corrected chi connectivity index (χ1v) is 5.87. The molecule has 0 saturated carbocycles. The Morgan fingerprint density at radius 2 is 2.33 bits per heavy atom. The standard InChI is InChI=1S/C12H14N2S/c1-13-8-12-7-10(9-15-12)6-11-4-2-3-5-14-11/h2-5,7,9,13H,6,8H2,1H3. The smallest absolute Gasteiger partial charge is 0.0447 e. The van der Waals surface area contributed by atoms with Crippen molar-refractivity contribution in [3.8, 4) is 0 Å². The first kappa shape index (κ1) is 10.3. The van der Waals surface area contributed by atoms with Gasteiger partial charge in [-0.25, -0.2) is 0 Å². The highest BCUT2D eigenvalue weighted by Gasteiger charge is 2.00. The molecular weight excluding hydrogens is 204 g/mol. The number of nitrogens with one attached hydrogen (secondary N) is 1. The van der Waals surface area contributed by atoms with Crippen molar-refractivity contribution in [1.82, 2.24) is 10.3 Å². The van der Waals surface area contributed by atoms with Crippen molar-refractivity contribution >= 4 is 11.3 Å². The van der Waals surface area contributed by atoms with Gasteiger partial charge in [0.05, 0.1) is 0 Å². The minimum absolute atomic E-state index is 0.932. The van der Waals surface area contributed by atoms with Gasteiger partial charge in [0.15, 0.2) is 0 Å². The monoisotopic (exact) mass is 218 g/mol. The average molecular weight is 218 g/mol. The Balaban J connectivity index is 2.05. The van der Waals surface area contributed by atoms with Crippen LogP contribution in [0.3, 0.4) is 0 Å². The maximum absolute atomic E-state index is 4.32. The van der Waals surface area contributed by atoms with E-state index in [1.54, 1.807) is 11.3 Å². The van der Waals surface area contributed by atoms with Crippen LogP contribution >= 0.6 is 11.3 Å². The molecule has 0 aliphatic heterocycles. The van der Waals surface area contributed by atoms with Crippen LogP contribution in [0, 0.1) is 0 Å². The minimum atomic E-state index is 0.932. The zero-order chi connectivity index (χ0) is 10.5. The summed E-state index contributed by atoms with van der Waals surface area (Å²) in [6.07, 6.45) is 2.78. The quantitative estimate of drug-likeness (QED) is 0.852. The van der Waals surface area contributed by atoms with E-state index < -0.39 is 0 Å². The van der Waals surface area contributed by atoms with Gasteiger partial charge < -0.3 is 5.32 Å². The Morgan fingerprint density at radius 1 is 1.40 bits per heavy atom. The fourth-order valence-corrected chi connectivity index (χ4v) is 2.40. The summed E-state index contributed by atoms with van der Waals surface area (Å²) in [4.78, 5) is 5.70. The molecule has 0 fully saturated rings. The zero-order valence-electron chi connectivity index (χ0n) is 8.73.